The average Bonchev–Trinajstić information content (AvgIpc) is 3.40. The normalized spacial score (nSPS) is 14.4. The lowest BCUT2D eigenvalue weighted by Gasteiger charge is -2.26. The van der Waals surface area contributed by atoms with Gasteiger partial charge in [0.25, 0.3) is 0 Å². The number of carbonyl (C=O) groups is 1. The van der Waals surface area contributed by atoms with Gasteiger partial charge in [0.05, 0.1) is 13.2 Å². The van der Waals surface area contributed by atoms with Crippen LogP contribution in [0, 0.1) is 5.82 Å². The first-order valence-corrected chi connectivity index (χ1v) is 14.8. The summed E-state index contributed by atoms with van der Waals surface area (Å²) in [4.78, 5) is 15.8. The van der Waals surface area contributed by atoms with Gasteiger partial charge in [0, 0.05) is 62.2 Å². The van der Waals surface area contributed by atoms with Gasteiger partial charge < -0.3 is 19.4 Å². The fraction of sp³-hybridized carbons (Fsp3) is 0.250. The summed E-state index contributed by atoms with van der Waals surface area (Å²) in [7, 11) is 0. The summed E-state index contributed by atoms with van der Waals surface area (Å²) < 4.78 is 27.4. The van der Waals surface area contributed by atoms with Crippen LogP contribution in [-0.4, -0.2) is 54.8 Å². The zero-order chi connectivity index (χ0) is 29.4. The van der Waals surface area contributed by atoms with Gasteiger partial charge in [0.1, 0.15) is 17.3 Å². The smallest absolute Gasteiger partial charge is 0.220 e. The first-order valence-electron chi connectivity index (χ1n) is 14.8. The third-order valence-corrected chi connectivity index (χ3v) is 7.94. The van der Waals surface area contributed by atoms with Crippen molar-refractivity contribution in [2.45, 2.75) is 18.9 Å². The molecule has 0 spiro atoms. The van der Waals surface area contributed by atoms with Crippen molar-refractivity contribution < 1.29 is 18.7 Å². The maximum Gasteiger partial charge on any atom is 0.220 e. The van der Waals surface area contributed by atoms with E-state index in [2.05, 4.69) is 39.2 Å². The molecule has 4 aromatic carbocycles. The first-order chi connectivity index (χ1) is 21.1. The topological polar surface area (TPSA) is 55.7 Å². The SMILES string of the molecule is O=C(CC(c1cccc(Oc2ccccc2)c1)c1cn(Cc2ccc(F)cc2)c2ccccc12)NCCN1CCOCC1. The molecular weight excluding hydrogens is 541 g/mol. The van der Waals surface area contributed by atoms with Crippen LogP contribution in [0.5, 0.6) is 11.5 Å². The first kappa shape index (κ1) is 28.6. The number of rotatable bonds is 11. The van der Waals surface area contributed by atoms with Crippen LogP contribution in [0.1, 0.15) is 29.0 Å². The van der Waals surface area contributed by atoms with Gasteiger partial charge in [-0.1, -0.05) is 60.7 Å². The molecule has 1 aliphatic rings. The van der Waals surface area contributed by atoms with Crippen LogP contribution in [0.15, 0.2) is 109 Å². The van der Waals surface area contributed by atoms with Crippen LogP contribution in [0.2, 0.25) is 0 Å². The minimum absolute atomic E-state index is 0.00278. The third kappa shape index (κ3) is 7.31. The lowest BCUT2D eigenvalue weighted by atomic mass is 9.88. The number of hydrogen-bond acceptors (Lipinski definition) is 4. The molecular formula is C36H36FN3O3. The van der Waals surface area contributed by atoms with Gasteiger partial charge >= 0.3 is 0 Å². The van der Waals surface area contributed by atoms with Crippen LogP contribution >= 0.6 is 0 Å². The number of halogens is 1. The van der Waals surface area contributed by atoms with Gasteiger partial charge in [-0.15, -0.1) is 0 Å². The Hall–Kier alpha value is -4.46. The Morgan fingerprint density at radius 1 is 0.884 bits per heavy atom. The van der Waals surface area contributed by atoms with Gasteiger partial charge in [-0.05, 0) is 59.2 Å². The van der Waals surface area contributed by atoms with E-state index in [0.717, 1.165) is 71.9 Å². The van der Waals surface area contributed by atoms with Crippen LogP contribution in [0.3, 0.4) is 0 Å². The molecule has 0 aliphatic carbocycles. The van der Waals surface area contributed by atoms with Crippen LogP contribution in [0.25, 0.3) is 10.9 Å². The van der Waals surface area contributed by atoms with Crippen molar-refractivity contribution in [3.63, 3.8) is 0 Å². The van der Waals surface area contributed by atoms with Gasteiger partial charge in [-0.3, -0.25) is 9.69 Å². The molecule has 5 aromatic rings. The minimum Gasteiger partial charge on any atom is -0.457 e. The van der Waals surface area contributed by atoms with E-state index in [0.29, 0.717) is 19.5 Å². The molecule has 1 atom stereocenters. The molecule has 1 aromatic heterocycles. The summed E-state index contributed by atoms with van der Waals surface area (Å²) in [5.74, 6) is 1.02. The van der Waals surface area contributed by atoms with E-state index in [9.17, 15) is 9.18 Å². The average molecular weight is 578 g/mol. The molecule has 0 saturated carbocycles. The Labute approximate surface area is 251 Å². The number of aromatic nitrogens is 1. The number of hydrogen-bond donors (Lipinski definition) is 1. The summed E-state index contributed by atoms with van der Waals surface area (Å²) in [6.45, 7) is 5.24. The fourth-order valence-corrected chi connectivity index (χ4v) is 5.73. The Balaban J connectivity index is 1.30. The quantitative estimate of drug-likeness (QED) is 0.192. The number of nitrogens with one attached hydrogen (secondary N) is 1. The van der Waals surface area contributed by atoms with Gasteiger partial charge in [-0.25, -0.2) is 4.39 Å². The molecule has 43 heavy (non-hydrogen) atoms. The molecule has 1 aliphatic heterocycles. The van der Waals surface area contributed by atoms with E-state index >= 15 is 0 Å². The predicted octanol–water partition coefficient (Wildman–Crippen LogP) is 6.59. The lowest BCUT2D eigenvalue weighted by Crippen LogP contribution is -2.41. The second-order valence-electron chi connectivity index (χ2n) is 10.9. The van der Waals surface area contributed by atoms with Crippen LogP contribution in [-0.2, 0) is 16.1 Å². The van der Waals surface area contributed by atoms with Crippen molar-refractivity contribution >= 4 is 16.8 Å². The zero-order valence-electron chi connectivity index (χ0n) is 24.1. The molecule has 7 heteroatoms. The van der Waals surface area contributed by atoms with Crippen molar-refractivity contribution in [2.75, 3.05) is 39.4 Å². The second kappa shape index (κ2) is 13.7. The standard InChI is InChI=1S/C36H36FN3O3/c37-29-15-13-27(14-16-29)25-40-26-34(32-11-4-5-12-35(32)40)33(24-36(41)38-17-18-39-19-21-42-22-20-39)28-7-6-10-31(23-28)43-30-8-2-1-3-9-30/h1-16,23,26,33H,17-22,24-25H2,(H,38,41). The van der Waals surface area contributed by atoms with Crippen LogP contribution < -0.4 is 10.1 Å². The second-order valence-corrected chi connectivity index (χ2v) is 10.9. The Kier molecular flexibility index (Phi) is 9.11. The molecule has 6 nitrogen and oxygen atoms in total. The highest BCUT2D eigenvalue weighted by molar-refractivity contribution is 5.87. The van der Waals surface area contributed by atoms with Gasteiger partial charge in [0.2, 0.25) is 5.91 Å². The highest BCUT2D eigenvalue weighted by Gasteiger charge is 2.24. The van der Waals surface area contributed by atoms with Gasteiger partial charge in [0.15, 0.2) is 0 Å². The molecule has 1 fully saturated rings. The predicted molar refractivity (Wildman–Crippen MR) is 167 cm³/mol. The number of benzene rings is 4. The number of carbonyl (C=O) groups excluding carboxylic acids is 1. The Bertz CT molecular complexity index is 1650. The van der Waals surface area contributed by atoms with E-state index in [1.165, 1.54) is 12.1 Å². The molecule has 220 valence electrons. The molecule has 0 radical (unpaired) electrons. The van der Waals surface area contributed by atoms with E-state index in [4.69, 9.17) is 9.47 Å². The van der Waals surface area contributed by atoms with Crippen molar-refractivity contribution in [3.8, 4) is 11.5 Å². The maximum absolute atomic E-state index is 13.6. The Morgan fingerprint density at radius 3 is 2.44 bits per heavy atom. The zero-order valence-corrected chi connectivity index (χ0v) is 24.1. The summed E-state index contributed by atoms with van der Waals surface area (Å²) in [5, 5.41) is 4.25. The molecule has 1 amide bonds. The van der Waals surface area contributed by atoms with Crippen LogP contribution in [0.4, 0.5) is 4.39 Å². The molecule has 1 N–H and O–H groups in total. The number of amides is 1. The number of nitrogens with zero attached hydrogens (tertiary/aromatic N) is 2. The van der Waals surface area contributed by atoms with E-state index in [-0.39, 0.29) is 17.6 Å². The van der Waals surface area contributed by atoms with Gasteiger partial charge in [-0.2, -0.15) is 0 Å². The lowest BCUT2D eigenvalue weighted by molar-refractivity contribution is -0.121. The molecule has 6 rings (SSSR count). The summed E-state index contributed by atoms with van der Waals surface area (Å²) in [6.07, 6.45) is 2.44. The van der Waals surface area contributed by atoms with Crippen molar-refractivity contribution in [2.24, 2.45) is 0 Å². The highest BCUT2D eigenvalue weighted by Crippen LogP contribution is 2.37. The summed E-state index contributed by atoms with van der Waals surface area (Å²) in [6, 6.07) is 32.6. The number of ether oxygens (including phenoxy) is 2. The minimum atomic E-state index is -0.251. The Morgan fingerprint density at radius 2 is 1.63 bits per heavy atom. The van der Waals surface area contributed by atoms with Crippen molar-refractivity contribution in [3.05, 3.63) is 132 Å². The molecule has 2 heterocycles. The number of fused-ring (bicyclic) bond motifs is 1. The van der Waals surface area contributed by atoms with E-state index in [1.807, 2.05) is 72.8 Å². The third-order valence-electron chi connectivity index (χ3n) is 7.94. The molecule has 0 bridgehead atoms. The summed E-state index contributed by atoms with van der Waals surface area (Å²) in [5.41, 5.74) is 4.14. The molecule has 1 unspecified atom stereocenters. The largest absolute Gasteiger partial charge is 0.457 e. The van der Waals surface area contributed by atoms with Crippen molar-refractivity contribution in [1.82, 2.24) is 14.8 Å². The van der Waals surface area contributed by atoms with E-state index in [1.54, 1.807) is 0 Å². The summed E-state index contributed by atoms with van der Waals surface area (Å²) >= 11 is 0. The number of morpholine rings is 1. The maximum atomic E-state index is 13.6. The monoisotopic (exact) mass is 577 g/mol. The fourth-order valence-electron chi connectivity index (χ4n) is 5.73. The highest BCUT2D eigenvalue weighted by atomic mass is 19.1. The van der Waals surface area contributed by atoms with Crippen molar-refractivity contribution in [1.29, 1.82) is 0 Å². The molecule has 1 saturated heterocycles. The number of para-hydroxylation sites is 2. The van der Waals surface area contributed by atoms with E-state index < -0.39 is 0 Å².